The van der Waals surface area contributed by atoms with Gasteiger partial charge in [-0.2, -0.15) is 0 Å². The van der Waals surface area contributed by atoms with E-state index < -0.39 is 0 Å². The van der Waals surface area contributed by atoms with Crippen LogP contribution in [0.2, 0.25) is 0 Å². The highest BCUT2D eigenvalue weighted by Crippen LogP contribution is 2.10. The number of ether oxygens (including phenoxy) is 3. The highest BCUT2D eigenvalue weighted by atomic mass is 16.6. The summed E-state index contributed by atoms with van der Waals surface area (Å²) in [7, 11) is 0. The molecule has 0 spiro atoms. The zero-order valence-corrected chi connectivity index (χ0v) is 9.24. The van der Waals surface area contributed by atoms with E-state index in [2.05, 4.69) is 5.32 Å². The molecule has 0 saturated carbocycles. The van der Waals surface area contributed by atoms with E-state index in [0.717, 1.165) is 26.3 Å². The maximum Gasteiger partial charge on any atom is 0.104 e. The monoisotopic (exact) mass is 215 g/mol. The number of nitrogens with one attached hydrogen (secondary N) is 1. The molecule has 2 aliphatic rings. The minimum atomic E-state index is 0.148. The van der Waals surface area contributed by atoms with E-state index in [1.54, 1.807) is 0 Å². The van der Waals surface area contributed by atoms with Gasteiger partial charge in [0.15, 0.2) is 0 Å². The summed E-state index contributed by atoms with van der Waals surface area (Å²) in [5.41, 5.74) is 0. The van der Waals surface area contributed by atoms with E-state index >= 15 is 0 Å². The van der Waals surface area contributed by atoms with E-state index in [-0.39, 0.29) is 6.10 Å². The van der Waals surface area contributed by atoms with Crippen molar-refractivity contribution in [1.82, 2.24) is 5.32 Å². The van der Waals surface area contributed by atoms with Crippen LogP contribution in [0.1, 0.15) is 12.8 Å². The summed E-state index contributed by atoms with van der Waals surface area (Å²) in [6, 6.07) is 0. The Balaban J connectivity index is 1.53. The van der Waals surface area contributed by atoms with Crippen molar-refractivity contribution in [3.8, 4) is 0 Å². The van der Waals surface area contributed by atoms with Crippen LogP contribution in [0, 0.1) is 5.92 Å². The molecule has 2 saturated heterocycles. The Morgan fingerprint density at radius 3 is 3.00 bits per heavy atom. The zero-order chi connectivity index (χ0) is 10.3. The molecule has 0 aromatic heterocycles. The molecule has 88 valence electrons. The predicted molar refractivity (Wildman–Crippen MR) is 57.0 cm³/mol. The molecule has 15 heavy (non-hydrogen) atoms. The van der Waals surface area contributed by atoms with Crippen molar-refractivity contribution in [2.75, 3.05) is 46.1 Å². The second-order valence-corrected chi connectivity index (χ2v) is 4.32. The fourth-order valence-electron chi connectivity index (χ4n) is 2.07. The van der Waals surface area contributed by atoms with E-state index in [9.17, 15) is 0 Å². The molecule has 0 bridgehead atoms. The van der Waals surface area contributed by atoms with Crippen LogP contribution in [0.5, 0.6) is 0 Å². The molecule has 2 unspecified atom stereocenters. The van der Waals surface area contributed by atoms with Crippen LogP contribution >= 0.6 is 0 Å². The molecule has 2 heterocycles. The van der Waals surface area contributed by atoms with Crippen molar-refractivity contribution >= 4 is 0 Å². The first-order valence-electron chi connectivity index (χ1n) is 5.93. The first kappa shape index (κ1) is 11.3. The Hall–Kier alpha value is -0.160. The minimum Gasteiger partial charge on any atom is -0.378 e. The quantitative estimate of drug-likeness (QED) is 0.737. The van der Waals surface area contributed by atoms with E-state index in [1.165, 1.54) is 12.8 Å². The predicted octanol–water partition coefficient (Wildman–Crippen LogP) is 0.418. The van der Waals surface area contributed by atoms with Crippen LogP contribution in [0.25, 0.3) is 0 Å². The lowest BCUT2D eigenvalue weighted by Crippen LogP contribution is -2.35. The SMILES string of the molecule is C1CNCC(COCC2COCCO2)C1. The van der Waals surface area contributed by atoms with Gasteiger partial charge in [-0.15, -0.1) is 0 Å². The topological polar surface area (TPSA) is 39.7 Å². The summed E-state index contributed by atoms with van der Waals surface area (Å²) in [5, 5.41) is 3.39. The first-order valence-corrected chi connectivity index (χ1v) is 5.93. The maximum absolute atomic E-state index is 5.67. The van der Waals surface area contributed by atoms with E-state index in [4.69, 9.17) is 14.2 Å². The van der Waals surface area contributed by atoms with Crippen molar-refractivity contribution in [3.63, 3.8) is 0 Å². The average Bonchev–Trinajstić information content (AvgIpc) is 2.32. The van der Waals surface area contributed by atoms with Gasteiger partial charge >= 0.3 is 0 Å². The smallest absolute Gasteiger partial charge is 0.104 e. The Morgan fingerprint density at radius 2 is 2.27 bits per heavy atom. The molecule has 2 rings (SSSR count). The van der Waals surface area contributed by atoms with Crippen LogP contribution in [0.3, 0.4) is 0 Å². The molecule has 4 heteroatoms. The molecule has 2 atom stereocenters. The summed E-state index contributed by atoms with van der Waals surface area (Å²) < 4.78 is 16.5. The summed E-state index contributed by atoms with van der Waals surface area (Å²) in [6.07, 6.45) is 2.71. The summed E-state index contributed by atoms with van der Waals surface area (Å²) in [5.74, 6) is 0.684. The van der Waals surface area contributed by atoms with Gasteiger partial charge < -0.3 is 19.5 Å². The Bertz CT molecular complexity index is 147. The number of hydrogen-bond donors (Lipinski definition) is 1. The fraction of sp³-hybridized carbons (Fsp3) is 1.00. The van der Waals surface area contributed by atoms with Crippen molar-refractivity contribution in [3.05, 3.63) is 0 Å². The lowest BCUT2D eigenvalue weighted by Gasteiger charge is -2.25. The van der Waals surface area contributed by atoms with Gasteiger partial charge in [0.2, 0.25) is 0 Å². The van der Waals surface area contributed by atoms with Crippen LogP contribution in [-0.4, -0.2) is 52.2 Å². The molecule has 1 N–H and O–H groups in total. The third-order valence-corrected chi connectivity index (χ3v) is 2.94. The largest absolute Gasteiger partial charge is 0.378 e. The molecule has 0 aromatic carbocycles. The second-order valence-electron chi connectivity index (χ2n) is 4.32. The van der Waals surface area contributed by atoms with Gasteiger partial charge in [0, 0.05) is 6.54 Å². The van der Waals surface area contributed by atoms with Gasteiger partial charge in [-0.05, 0) is 25.3 Å². The van der Waals surface area contributed by atoms with Gasteiger partial charge in [0.05, 0.1) is 33.0 Å². The molecule has 2 aliphatic heterocycles. The lowest BCUT2D eigenvalue weighted by atomic mass is 10.0. The van der Waals surface area contributed by atoms with E-state index in [1.807, 2.05) is 0 Å². The standard InChI is InChI=1S/C11H21NO3/c1-2-10(6-12-3-1)7-14-9-11-8-13-4-5-15-11/h10-12H,1-9H2. The maximum atomic E-state index is 5.67. The Labute approximate surface area is 91.3 Å². The highest BCUT2D eigenvalue weighted by Gasteiger charge is 2.17. The van der Waals surface area contributed by atoms with Crippen LogP contribution in [0.15, 0.2) is 0 Å². The Morgan fingerprint density at radius 1 is 1.27 bits per heavy atom. The molecular formula is C11H21NO3. The van der Waals surface area contributed by atoms with Crippen LogP contribution in [0.4, 0.5) is 0 Å². The summed E-state index contributed by atoms with van der Waals surface area (Å²) >= 11 is 0. The number of piperidine rings is 1. The summed E-state index contributed by atoms with van der Waals surface area (Å²) in [6.45, 7) is 5.91. The molecule has 0 aliphatic carbocycles. The number of hydrogen-bond acceptors (Lipinski definition) is 4. The third kappa shape index (κ3) is 4.07. The van der Waals surface area contributed by atoms with Crippen molar-refractivity contribution in [2.24, 2.45) is 5.92 Å². The molecule has 0 radical (unpaired) electrons. The molecule has 0 aromatic rings. The van der Waals surface area contributed by atoms with Crippen molar-refractivity contribution in [2.45, 2.75) is 18.9 Å². The normalized spacial score (nSPS) is 32.8. The Kier molecular flexibility index (Phi) is 4.86. The second kappa shape index (κ2) is 6.43. The minimum absolute atomic E-state index is 0.148. The molecule has 0 amide bonds. The van der Waals surface area contributed by atoms with Gasteiger partial charge in [-0.25, -0.2) is 0 Å². The lowest BCUT2D eigenvalue weighted by molar-refractivity contribution is -0.117. The average molecular weight is 215 g/mol. The van der Waals surface area contributed by atoms with Gasteiger partial charge in [-0.1, -0.05) is 0 Å². The van der Waals surface area contributed by atoms with Gasteiger partial charge in [0.1, 0.15) is 6.10 Å². The van der Waals surface area contributed by atoms with Crippen LogP contribution < -0.4 is 5.32 Å². The highest BCUT2D eigenvalue weighted by molar-refractivity contribution is 4.68. The van der Waals surface area contributed by atoms with E-state index in [0.29, 0.717) is 25.7 Å². The number of rotatable bonds is 4. The van der Waals surface area contributed by atoms with Gasteiger partial charge in [0.25, 0.3) is 0 Å². The zero-order valence-electron chi connectivity index (χ0n) is 9.24. The molecule has 2 fully saturated rings. The van der Waals surface area contributed by atoms with Gasteiger partial charge in [-0.3, -0.25) is 0 Å². The first-order chi connectivity index (χ1) is 7.45. The van der Waals surface area contributed by atoms with Crippen molar-refractivity contribution < 1.29 is 14.2 Å². The molecular weight excluding hydrogens is 194 g/mol. The van der Waals surface area contributed by atoms with Crippen LogP contribution in [-0.2, 0) is 14.2 Å². The van der Waals surface area contributed by atoms with Crippen molar-refractivity contribution in [1.29, 1.82) is 0 Å². The summed E-state index contributed by atoms with van der Waals surface area (Å²) in [4.78, 5) is 0. The third-order valence-electron chi connectivity index (χ3n) is 2.94. The molecule has 4 nitrogen and oxygen atoms in total. The fourth-order valence-corrected chi connectivity index (χ4v) is 2.07.